The number of methoxy groups -OCH3 is 1. The first-order valence-corrected chi connectivity index (χ1v) is 6.51. The van der Waals surface area contributed by atoms with E-state index >= 15 is 0 Å². The molecule has 1 aliphatic heterocycles. The van der Waals surface area contributed by atoms with Crippen LogP contribution in [0.15, 0.2) is 30.3 Å². The lowest BCUT2D eigenvalue weighted by Crippen LogP contribution is -2.38. The van der Waals surface area contributed by atoms with Crippen LogP contribution in [-0.2, 0) is 14.9 Å². The fourth-order valence-corrected chi connectivity index (χ4v) is 2.83. The number of ether oxygens (including phenoxy) is 1. The van der Waals surface area contributed by atoms with Crippen LogP contribution in [0.25, 0.3) is 0 Å². The molecule has 1 aromatic rings. The summed E-state index contributed by atoms with van der Waals surface area (Å²) in [7, 11) is 3.60. The molecule has 98 valence electrons. The molecule has 3 nitrogen and oxygen atoms in total. The second kappa shape index (κ2) is 5.53. The Hall–Kier alpha value is -1.35. The summed E-state index contributed by atoms with van der Waals surface area (Å²) >= 11 is 0. The second-order valence-electron chi connectivity index (χ2n) is 5.10. The third-order valence-corrected chi connectivity index (χ3v) is 3.97. The van der Waals surface area contributed by atoms with Gasteiger partial charge in [0.15, 0.2) is 0 Å². The highest BCUT2D eigenvalue weighted by atomic mass is 16.5. The molecule has 1 unspecified atom stereocenters. The van der Waals surface area contributed by atoms with Crippen molar-refractivity contribution in [3.8, 4) is 0 Å². The predicted molar refractivity (Wildman–Crippen MR) is 71.5 cm³/mol. The molecule has 3 heteroatoms. The van der Waals surface area contributed by atoms with Gasteiger partial charge in [-0.05, 0) is 45.0 Å². The first-order chi connectivity index (χ1) is 8.69. The summed E-state index contributed by atoms with van der Waals surface area (Å²) in [5.41, 5.74) is 0.632. The van der Waals surface area contributed by atoms with E-state index in [1.54, 1.807) is 0 Å². The Morgan fingerprint density at radius 2 is 1.94 bits per heavy atom. The summed E-state index contributed by atoms with van der Waals surface area (Å²) in [5, 5.41) is 0. The van der Waals surface area contributed by atoms with Gasteiger partial charge in [-0.3, -0.25) is 4.79 Å². The van der Waals surface area contributed by atoms with Gasteiger partial charge in [0, 0.05) is 0 Å². The average molecular weight is 247 g/mol. The molecule has 0 bridgehead atoms. The molecule has 0 radical (unpaired) electrons. The average Bonchev–Trinajstić information content (AvgIpc) is 2.62. The zero-order valence-corrected chi connectivity index (χ0v) is 11.2. The highest BCUT2D eigenvalue weighted by molar-refractivity contribution is 5.83. The van der Waals surface area contributed by atoms with Crippen molar-refractivity contribution >= 4 is 5.97 Å². The molecule has 1 fully saturated rings. The van der Waals surface area contributed by atoms with Crippen molar-refractivity contribution in [1.29, 1.82) is 0 Å². The largest absolute Gasteiger partial charge is 0.468 e. The van der Waals surface area contributed by atoms with Crippen LogP contribution >= 0.6 is 0 Å². The number of nitrogens with zero attached hydrogens (tertiary/aromatic N) is 1. The zero-order valence-electron chi connectivity index (χ0n) is 11.2. The van der Waals surface area contributed by atoms with Crippen LogP contribution in [-0.4, -0.2) is 38.1 Å². The molecular weight excluding hydrogens is 226 g/mol. The van der Waals surface area contributed by atoms with Crippen molar-refractivity contribution in [3.05, 3.63) is 35.9 Å². The van der Waals surface area contributed by atoms with Gasteiger partial charge in [-0.2, -0.15) is 0 Å². The summed E-state index contributed by atoms with van der Waals surface area (Å²) in [5.74, 6) is -0.0935. The van der Waals surface area contributed by atoms with Crippen LogP contribution in [0.1, 0.15) is 24.8 Å². The van der Waals surface area contributed by atoms with Crippen molar-refractivity contribution < 1.29 is 9.53 Å². The molecule has 1 atom stereocenters. The van der Waals surface area contributed by atoms with E-state index < -0.39 is 5.41 Å². The lowest BCUT2D eigenvalue weighted by molar-refractivity contribution is -0.148. The van der Waals surface area contributed by atoms with Crippen molar-refractivity contribution in [3.63, 3.8) is 0 Å². The molecule has 0 saturated carbocycles. The van der Waals surface area contributed by atoms with E-state index in [4.69, 9.17) is 4.74 Å². The summed E-state index contributed by atoms with van der Waals surface area (Å²) in [6.07, 6.45) is 2.73. The Kier molecular flexibility index (Phi) is 4.02. The molecule has 0 aliphatic carbocycles. The summed E-state index contributed by atoms with van der Waals surface area (Å²) in [4.78, 5) is 14.6. The van der Waals surface area contributed by atoms with Crippen molar-refractivity contribution in [2.45, 2.75) is 24.7 Å². The maximum Gasteiger partial charge on any atom is 0.316 e. The van der Waals surface area contributed by atoms with Crippen LogP contribution in [0, 0.1) is 0 Å². The molecule has 1 saturated heterocycles. The molecule has 0 aromatic heterocycles. The standard InChI is InChI=1S/C15H21NO2/c1-16-11-6-9-15(10-12-16,14(17)18-2)13-7-4-3-5-8-13/h3-5,7-8H,6,9-12H2,1-2H3. The minimum absolute atomic E-state index is 0.0935. The number of esters is 1. The van der Waals surface area contributed by atoms with Crippen molar-refractivity contribution in [1.82, 2.24) is 4.90 Å². The van der Waals surface area contributed by atoms with Gasteiger partial charge < -0.3 is 9.64 Å². The van der Waals surface area contributed by atoms with Gasteiger partial charge in [-0.25, -0.2) is 0 Å². The minimum atomic E-state index is -0.458. The summed E-state index contributed by atoms with van der Waals surface area (Å²) < 4.78 is 5.08. The van der Waals surface area contributed by atoms with E-state index in [1.807, 2.05) is 30.3 Å². The zero-order chi connectivity index (χ0) is 13.0. The smallest absolute Gasteiger partial charge is 0.316 e. The number of rotatable bonds is 2. The van der Waals surface area contributed by atoms with Crippen LogP contribution < -0.4 is 0 Å². The lowest BCUT2D eigenvalue weighted by atomic mass is 9.74. The van der Waals surface area contributed by atoms with Crippen molar-refractivity contribution in [2.24, 2.45) is 0 Å². The fourth-order valence-electron chi connectivity index (χ4n) is 2.83. The molecule has 1 aromatic carbocycles. The highest BCUT2D eigenvalue weighted by Gasteiger charge is 2.41. The van der Waals surface area contributed by atoms with Gasteiger partial charge in [0.1, 0.15) is 0 Å². The van der Waals surface area contributed by atoms with E-state index in [0.717, 1.165) is 37.9 Å². The number of hydrogen-bond donors (Lipinski definition) is 0. The number of likely N-dealkylation sites (tertiary alicyclic amines) is 1. The molecular formula is C15H21NO2. The van der Waals surface area contributed by atoms with Crippen molar-refractivity contribution in [2.75, 3.05) is 27.2 Å². The molecule has 0 spiro atoms. The Bertz CT molecular complexity index is 404. The lowest BCUT2D eigenvalue weighted by Gasteiger charge is -2.30. The second-order valence-corrected chi connectivity index (χ2v) is 5.10. The Morgan fingerprint density at radius 3 is 2.61 bits per heavy atom. The third-order valence-electron chi connectivity index (χ3n) is 3.97. The maximum absolute atomic E-state index is 12.3. The molecule has 1 aliphatic rings. The van der Waals surface area contributed by atoms with Crippen LogP contribution in [0.4, 0.5) is 0 Å². The monoisotopic (exact) mass is 247 g/mol. The number of carbonyl (C=O) groups excluding carboxylic acids is 1. The normalized spacial score (nSPS) is 25.4. The van der Waals surface area contributed by atoms with E-state index in [0.29, 0.717) is 0 Å². The Labute approximate surface area is 109 Å². The first kappa shape index (κ1) is 13.1. The molecule has 1 heterocycles. The van der Waals surface area contributed by atoms with Gasteiger partial charge in [-0.15, -0.1) is 0 Å². The topological polar surface area (TPSA) is 29.5 Å². The van der Waals surface area contributed by atoms with Gasteiger partial charge in [0.05, 0.1) is 12.5 Å². The Balaban J connectivity index is 2.37. The number of benzene rings is 1. The van der Waals surface area contributed by atoms with E-state index in [9.17, 15) is 4.79 Å². The quantitative estimate of drug-likeness (QED) is 0.750. The van der Waals surface area contributed by atoms with Crippen LogP contribution in [0.2, 0.25) is 0 Å². The number of carbonyl (C=O) groups is 1. The summed E-state index contributed by atoms with van der Waals surface area (Å²) in [6, 6.07) is 10.1. The summed E-state index contributed by atoms with van der Waals surface area (Å²) in [6.45, 7) is 1.98. The highest BCUT2D eigenvalue weighted by Crippen LogP contribution is 2.36. The van der Waals surface area contributed by atoms with Gasteiger partial charge >= 0.3 is 5.97 Å². The minimum Gasteiger partial charge on any atom is -0.468 e. The van der Waals surface area contributed by atoms with E-state index in [-0.39, 0.29) is 5.97 Å². The molecule has 18 heavy (non-hydrogen) atoms. The SMILES string of the molecule is COC(=O)C1(c2ccccc2)CCCN(C)CC1. The predicted octanol–water partition coefficient (Wildman–Crippen LogP) is 2.21. The third kappa shape index (κ3) is 2.41. The molecule has 2 rings (SSSR count). The fraction of sp³-hybridized carbons (Fsp3) is 0.533. The maximum atomic E-state index is 12.3. The van der Waals surface area contributed by atoms with Crippen LogP contribution in [0.3, 0.4) is 0 Å². The van der Waals surface area contributed by atoms with Gasteiger partial charge in [0.25, 0.3) is 0 Å². The van der Waals surface area contributed by atoms with Gasteiger partial charge in [-0.1, -0.05) is 30.3 Å². The van der Waals surface area contributed by atoms with E-state index in [1.165, 1.54) is 7.11 Å². The van der Waals surface area contributed by atoms with E-state index in [2.05, 4.69) is 11.9 Å². The molecule has 0 amide bonds. The van der Waals surface area contributed by atoms with Crippen LogP contribution in [0.5, 0.6) is 0 Å². The number of hydrogen-bond acceptors (Lipinski definition) is 3. The van der Waals surface area contributed by atoms with Gasteiger partial charge in [0.2, 0.25) is 0 Å². The Morgan fingerprint density at radius 1 is 1.22 bits per heavy atom. The molecule has 0 N–H and O–H groups in total. The first-order valence-electron chi connectivity index (χ1n) is 6.51.